The quantitative estimate of drug-likeness (QED) is 0.479. The van der Waals surface area contributed by atoms with E-state index in [0.717, 1.165) is 0 Å². The lowest BCUT2D eigenvalue weighted by molar-refractivity contribution is 1.34. The molecular weight excluding hydrogens is 362 g/mol. The summed E-state index contributed by atoms with van der Waals surface area (Å²) in [5, 5.41) is 4.15. The normalized spacial score (nSPS) is 10.4. The monoisotopic (exact) mass is 382 g/mol. The molecule has 0 aliphatic carbocycles. The summed E-state index contributed by atoms with van der Waals surface area (Å²) < 4.78 is 1.20. The minimum Gasteiger partial charge on any atom is -0.0622 e. The van der Waals surface area contributed by atoms with Gasteiger partial charge in [-0.15, -0.1) is 0 Å². The van der Waals surface area contributed by atoms with Gasteiger partial charge in [0.15, 0.2) is 0 Å². The van der Waals surface area contributed by atoms with E-state index < -0.39 is 7.92 Å². The second-order valence-corrected chi connectivity index (χ2v) is 8.43. The second-order valence-electron chi connectivity index (χ2n) is 5.39. The maximum absolute atomic E-state index is 3.79. The van der Waals surface area contributed by atoms with Crippen molar-refractivity contribution in [2.75, 3.05) is 0 Å². The predicted molar refractivity (Wildman–Crippen MR) is 112 cm³/mol. The van der Waals surface area contributed by atoms with Crippen LogP contribution in [0.2, 0.25) is 0 Å². The van der Waals surface area contributed by atoms with Crippen LogP contribution in [0.5, 0.6) is 0 Å². The highest BCUT2D eigenvalue weighted by Gasteiger charge is 2.19. The molecule has 116 valence electrons. The predicted octanol–water partition coefficient (Wildman–Crippen LogP) is 3.64. The van der Waals surface area contributed by atoms with Gasteiger partial charge in [0.25, 0.3) is 0 Å². The third-order valence-corrected chi connectivity index (χ3v) is 7.28. The Morgan fingerprint density at radius 2 is 1.13 bits per heavy atom. The lowest BCUT2D eigenvalue weighted by Gasteiger charge is -2.21. The van der Waals surface area contributed by atoms with Gasteiger partial charge in [-0.25, -0.2) is 0 Å². The standard InChI is InChI=1S/C20H18BrP.BH3/c1-15-13-19(21)20(14-16(15)2)22(17-9-5-3-6-10-17)18-11-7-4-8-12-18;/h3-14H,1-2H3;1H3. The number of aryl methyl sites for hydroxylation is 2. The third-order valence-electron chi connectivity index (χ3n) is 3.83. The van der Waals surface area contributed by atoms with Gasteiger partial charge in [0.2, 0.25) is 0 Å². The number of hydrogen-bond acceptors (Lipinski definition) is 0. The van der Waals surface area contributed by atoms with E-state index >= 15 is 0 Å². The van der Waals surface area contributed by atoms with Crippen LogP contribution < -0.4 is 15.9 Å². The minimum atomic E-state index is -0.542. The Morgan fingerprint density at radius 1 is 0.696 bits per heavy atom. The first-order valence-electron chi connectivity index (χ1n) is 7.34. The number of halogens is 1. The molecule has 0 fully saturated rings. The summed E-state index contributed by atoms with van der Waals surface area (Å²) in [5.41, 5.74) is 2.67. The zero-order valence-electron chi connectivity index (χ0n) is 12.8. The van der Waals surface area contributed by atoms with Gasteiger partial charge >= 0.3 is 0 Å². The average molecular weight is 383 g/mol. The molecule has 23 heavy (non-hydrogen) atoms. The molecule has 0 N–H and O–H groups in total. The minimum absolute atomic E-state index is 0. The summed E-state index contributed by atoms with van der Waals surface area (Å²) >= 11 is 3.79. The summed E-state index contributed by atoms with van der Waals surface area (Å²) in [6.07, 6.45) is 0. The summed E-state index contributed by atoms with van der Waals surface area (Å²) in [7, 11) is -0.542. The van der Waals surface area contributed by atoms with Crippen molar-refractivity contribution in [2.24, 2.45) is 0 Å². The smallest absolute Gasteiger partial charge is 0.0622 e. The highest BCUT2D eigenvalue weighted by atomic mass is 79.9. The first-order chi connectivity index (χ1) is 10.7. The van der Waals surface area contributed by atoms with Crippen LogP contribution in [0.3, 0.4) is 0 Å². The molecule has 3 heteroatoms. The largest absolute Gasteiger partial charge is 0.0814 e. The van der Waals surface area contributed by atoms with E-state index in [1.165, 1.54) is 31.5 Å². The Hall–Kier alpha value is -1.37. The Balaban J connectivity index is 0.00000192. The van der Waals surface area contributed by atoms with E-state index in [1.807, 2.05) is 0 Å². The van der Waals surface area contributed by atoms with Crippen molar-refractivity contribution in [1.29, 1.82) is 0 Å². The van der Waals surface area contributed by atoms with Crippen LogP contribution in [-0.2, 0) is 0 Å². The molecule has 0 saturated carbocycles. The molecular formula is C20H21BBrP. The van der Waals surface area contributed by atoms with Gasteiger partial charge in [-0.2, -0.15) is 0 Å². The molecule has 0 aromatic heterocycles. The van der Waals surface area contributed by atoms with Crippen molar-refractivity contribution in [1.82, 2.24) is 0 Å². The van der Waals surface area contributed by atoms with Gasteiger partial charge in [-0.05, 0) is 60.9 Å². The fourth-order valence-electron chi connectivity index (χ4n) is 2.52. The van der Waals surface area contributed by atoms with Gasteiger partial charge in [0.1, 0.15) is 0 Å². The van der Waals surface area contributed by atoms with Crippen LogP contribution in [0.25, 0.3) is 0 Å². The summed E-state index contributed by atoms with van der Waals surface area (Å²) in [5.74, 6) is 0. The van der Waals surface area contributed by atoms with Crippen LogP contribution >= 0.6 is 23.9 Å². The van der Waals surface area contributed by atoms with Crippen molar-refractivity contribution in [2.45, 2.75) is 13.8 Å². The molecule has 0 nitrogen and oxygen atoms in total. The van der Waals surface area contributed by atoms with Gasteiger partial charge in [0.05, 0.1) is 8.41 Å². The van der Waals surface area contributed by atoms with E-state index in [9.17, 15) is 0 Å². The number of benzene rings is 3. The molecule has 0 aliphatic rings. The Bertz CT molecular complexity index is 733. The first-order valence-corrected chi connectivity index (χ1v) is 9.47. The van der Waals surface area contributed by atoms with Crippen molar-refractivity contribution in [3.05, 3.63) is 88.4 Å². The average Bonchev–Trinajstić information content (AvgIpc) is 2.55. The zero-order chi connectivity index (χ0) is 15.5. The molecule has 0 saturated heterocycles. The van der Waals surface area contributed by atoms with Crippen molar-refractivity contribution in [3.63, 3.8) is 0 Å². The van der Waals surface area contributed by atoms with Crippen molar-refractivity contribution >= 4 is 48.2 Å². The second kappa shape index (κ2) is 7.95. The Labute approximate surface area is 150 Å². The summed E-state index contributed by atoms with van der Waals surface area (Å²) in [4.78, 5) is 0. The van der Waals surface area contributed by atoms with E-state index in [1.54, 1.807) is 0 Å². The highest BCUT2D eigenvalue weighted by Crippen LogP contribution is 2.36. The molecule has 3 rings (SSSR count). The molecule has 0 unspecified atom stereocenters. The van der Waals surface area contributed by atoms with Crippen molar-refractivity contribution < 1.29 is 0 Å². The van der Waals surface area contributed by atoms with Crippen LogP contribution in [0, 0.1) is 13.8 Å². The van der Waals surface area contributed by atoms with E-state index in [-0.39, 0.29) is 8.41 Å². The molecule has 3 aromatic rings. The molecule has 0 aliphatic heterocycles. The molecule has 0 spiro atoms. The van der Waals surface area contributed by atoms with Crippen LogP contribution in [0.15, 0.2) is 77.3 Å². The fraction of sp³-hybridized carbons (Fsp3) is 0.100. The summed E-state index contributed by atoms with van der Waals surface area (Å²) in [6.45, 7) is 4.35. The SMILES string of the molecule is B.Cc1cc(Br)c(P(c2ccccc2)c2ccccc2)cc1C. The maximum Gasteiger partial charge on any atom is 0.0814 e. The zero-order valence-corrected chi connectivity index (χ0v) is 15.2. The van der Waals surface area contributed by atoms with Gasteiger partial charge in [0, 0.05) is 4.47 Å². The molecule has 0 bridgehead atoms. The van der Waals surface area contributed by atoms with Crippen LogP contribution in [0.4, 0.5) is 0 Å². The van der Waals surface area contributed by atoms with Gasteiger partial charge in [-0.1, -0.05) is 76.6 Å². The first kappa shape index (κ1) is 18.0. The number of hydrogen-bond donors (Lipinski definition) is 0. The van der Waals surface area contributed by atoms with Gasteiger partial charge < -0.3 is 0 Å². The molecule has 0 radical (unpaired) electrons. The number of rotatable bonds is 3. The van der Waals surface area contributed by atoms with Crippen LogP contribution in [-0.4, -0.2) is 8.41 Å². The maximum atomic E-state index is 3.79. The molecule has 0 atom stereocenters. The molecule has 0 amide bonds. The lowest BCUT2D eigenvalue weighted by Crippen LogP contribution is -2.22. The lowest BCUT2D eigenvalue weighted by atomic mass is 10.1. The van der Waals surface area contributed by atoms with E-state index in [2.05, 4.69) is 103 Å². The van der Waals surface area contributed by atoms with Crippen LogP contribution in [0.1, 0.15) is 11.1 Å². The highest BCUT2D eigenvalue weighted by molar-refractivity contribution is 9.10. The third kappa shape index (κ3) is 3.94. The van der Waals surface area contributed by atoms with E-state index in [4.69, 9.17) is 0 Å². The van der Waals surface area contributed by atoms with E-state index in [0.29, 0.717) is 0 Å². The topological polar surface area (TPSA) is 0 Å². The fourth-order valence-corrected chi connectivity index (χ4v) is 5.90. The summed E-state index contributed by atoms with van der Waals surface area (Å²) in [6, 6.07) is 26.2. The van der Waals surface area contributed by atoms with Gasteiger partial charge in [-0.3, -0.25) is 0 Å². The van der Waals surface area contributed by atoms with Crippen molar-refractivity contribution in [3.8, 4) is 0 Å². The Morgan fingerprint density at radius 3 is 1.61 bits per heavy atom. The molecule has 3 aromatic carbocycles. The molecule has 0 heterocycles. The Kier molecular flexibility index (Phi) is 6.21.